The molecule has 2 N–H and O–H groups in total. The van der Waals surface area contributed by atoms with E-state index < -0.39 is 11.6 Å². The predicted octanol–water partition coefficient (Wildman–Crippen LogP) is 0.614. The van der Waals surface area contributed by atoms with Gasteiger partial charge in [0.1, 0.15) is 12.1 Å². The van der Waals surface area contributed by atoms with Crippen LogP contribution in [0.15, 0.2) is 30.3 Å². The molecule has 1 aliphatic rings. The molecule has 1 aromatic carbocycles. The Hall–Kier alpha value is -1.55. The van der Waals surface area contributed by atoms with E-state index >= 15 is 0 Å². The second kappa shape index (κ2) is 3.31. The fraction of sp³-hybridized carbons (Fsp3) is 0.300. The van der Waals surface area contributed by atoms with Crippen molar-refractivity contribution in [3.05, 3.63) is 35.9 Å². The molecule has 0 aromatic heterocycles. The van der Waals surface area contributed by atoms with Crippen molar-refractivity contribution in [1.82, 2.24) is 5.32 Å². The first kappa shape index (κ1) is 9.02. The molecule has 74 valence electrons. The summed E-state index contributed by atoms with van der Waals surface area (Å²) in [7, 11) is 0. The maximum Gasteiger partial charge on any atom is 0.408 e. The van der Waals surface area contributed by atoms with E-state index in [2.05, 4.69) is 5.32 Å². The standard InChI is InChI=1S/C10H11NO3/c12-6-10(7-14-9(13)11-10)8-4-2-1-3-5-8/h1-5,12H,6-7H2,(H,11,13). The lowest BCUT2D eigenvalue weighted by Gasteiger charge is -2.24. The number of amides is 1. The summed E-state index contributed by atoms with van der Waals surface area (Å²) in [5.74, 6) is 0. The summed E-state index contributed by atoms with van der Waals surface area (Å²) in [6, 6.07) is 9.30. The molecule has 0 bridgehead atoms. The van der Waals surface area contributed by atoms with Gasteiger partial charge in [0.2, 0.25) is 0 Å². The van der Waals surface area contributed by atoms with Crippen LogP contribution in [0.5, 0.6) is 0 Å². The minimum atomic E-state index is -0.766. The van der Waals surface area contributed by atoms with Gasteiger partial charge in [-0.3, -0.25) is 0 Å². The van der Waals surface area contributed by atoms with E-state index in [9.17, 15) is 9.90 Å². The molecular weight excluding hydrogens is 182 g/mol. The van der Waals surface area contributed by atoms with E-state index in [4.69, 9.17) is 4.74 Å². The zero-order valence-electron chi connectivity index (χ0n) is 7.56. The summed E-state index contributed by atoms with van der Waals surface area (Å²) in [6.07, 6.45) is -0.483. The van der Waals surface area contributed by atoms with Crippen molar-refractivity contribution in [3.63, 3.8) is 0 Å². The van der Waals surface area contributed by atoms with Crippen molar-refractivity contribution in [2.45, 2.75) is 5.54 Å². The van der Waals surface area contributed by atoms with Gasteiger partial charge in [0.25, 0.3) is 0 Å². The van der Waals surface area contributed by atoms with Gasteiger partial charge < -0.3 is 15.2 Å². The molecule has 0 saturated carbocycles. The number of nitrogens with one attached hydrogen (secondary N) is 1. The quantitative estimate of drug-likeness (QED) is 0.723. The number of aliphatic hydroxyl groups excluding tert-OH is 1. The number of rotatable bonds is 2. The van der Waals surface area contributed by atoms with Crippen LogP contribution in [0.1, 0.15) is 5.56 Å². The molecule has 2 rings (SSSR count). The lowest BCUT2D eigenvalue weighted by molar-refractivity contribution is 0.145. The molecule has 14 heavy (non-hydrogen) atoms. The van der Waals surface area contributed by atoms with Gasteiger partial charge in [-0.1, -0.05) is 30.3 Å². The van der Waals surface area contributed by atoms with Gasteiger partial charge in [-0.05, 0) is 5.56 Å². The van der Waals surface area contributed by atoms with E-state index in [-0.39, 0.29) is 13.2 Å². The number of ether oxygens (including phenoxy) is 1. The van der Waals surface area contributed by atoms with E-state index in [1.807, 2.05) is 30.3 Å². The highest BCUT2D eigenvalue weighted by molar-refractivity contribution is 5.71. The summed E-state index contributed by atoms with van der Waals surface area (Å²) in [6.45, 7) is 0.00903. The third-order valence-corrected chi connectivity index (χ3v) is 2.39. The molecule has 1 heterocycles. The van der Waals surface area contributed by atoms with Crippen LogP contribution in [0, 0.1) is 0 Å². The first-order valence-electron chi connectivity index (χ1n) is 4.38. The first-order valence-corrected chi connectivity index (χ1v) is 4.38. The van der Waals surface area contributed by atoms with Crippen molar-refractivity contribution < 1.29 is 14.6 Å². The fourth-order valence-corrected chi connectivity index (χ4v) is 1.55. The Labute approximate surface area is 81.5 Å². The van der Waals surface area contributed by atoms with Crippen molar-refractivity contribution in [2.24, 2.45) is 0 Å². The lowest BCUT2D eigenvalue weighted by atomic mass is 9.92. The molecular formula is C10H11NO3. The number of carbonyl (C=O) groups excluding carboxylic acids is 1. The smallest absolute Gasteiger partial charge is 0.408 e. The predicted molar refractivity (Wildman–Crippen MR) is 49.7 cm³/mol. The Morgan fingerprint density at radius 3 is 2.64 bits per heavy atom. The number of alkyl carbamates (subject to hydrolysis) is 1. The molecule has 1 unspecified atom stereocenters. The Morgan fingerprint density at radius 1 is 1.43 bits per heavy atom. The monoisotopic (exact) mass is 193 g/mol. The average molecular weight is 193 g/mol. The fourth-order valence-electron chi connectivity index (χ4n) is 1.55. The number of aliphatic hydroxyl groups is 1. The molecule has 1 saturated heterocycles. The first-order chi connectivity index (χ1) is 6.77. The molecule has 1 aliphatic heterocycles. The summed E-state index contributed by atoms with van der Waals surface area (Å²) in [5, 5.41) is 11.9. The minimum Gasteiger partial charge on any atom is -0.447 e. The van der Waals surface area contributed by atoms with Crippen LogP contribution in [0.25, 0.3) is 0 Å². The molecule has 4 heteroatoms. The zero-order valence-corrected chi connectivity index (χ0v) is 7.56. The van der Waals surface area contributed by atoms with Gasteiger partial charge in [-0.25, -0.2) is 4.79 Å². The van der Waals surface area contributed by atoms with Crippen LogP contribution in [0.4, 0.5) is 4.79 Å². The topological polar surface area (TPSA) is 58.6 Å². The SMILES string of the molecule is O=C1NC(CO)(c2ccccc2)CO1. The summed E-state index contributed by atoms with van der Waals surface area (Å²) >= 11 is 0. The van der Waals surface area contributed by atoms with Gasteiger partial charge >= 0.3 is 6.09 Å². The third-order valence-electron chi connectivity index (χ3n) is 2.39. The lowest BCUT2D eigenvalue weighted by Crippen LogP contribution is -2.43. The summed E-state index contributed by atoms with van der Waals surface area (Å²) < 4.78 is 4.80. The van der Waals surface area contributed by atoms with E-state index in [1.165, 1.54) is 0 Å². The van der Waals surface area contributed by atoms with Gasteiger partial charge in [0, 0.05) is 0 Å². The summed E-state index contributed by atoms with van der Waals surface area (Å²) in [5.41, 5.74) is 0.0894. The van der Waals surface area contributed by atoms with Crippen LogP contribution in [0.3, 0.4) is 0 Å². The Kier molecular flexibility index (Phi) is 2.13. The molecule has 1 fully saturated rings. The zero-order chi connectivity index (χ0) is 10.0. The van der Waals surface area contributed by atoms with Gasteiger partial charge in [0.05, 0.1) is 6.61 Å². The van der Waals surface area contributed by atoms with Crippen LogP contribution in [-0.4, -0.2) is 24.4 Å². The number of benzene rings is 1. The number of cyclic esters (lactones) is 1. The largest absolute Gasteiger partial charge is 0.447 e. The maximum absolute atomic E-state index is 10.9. The van der Waals surface area contributed by atoms with Crippen LogP contribution in [-0.2, 0) is 10.3 Å². The maximum atomic E-state index is 10.9. The van der Waals surface area contributed by atoms with Crippen molar-refractivity contribution >= 4 is 6.09 Å². The van der Waals surface area contributed by atoms with Crippen molar-refractivity contribution in [1.29, 1.82) is 0 Å². The normalized spacial score (nSPS) is 25.6. The second-order valence-electron chi connectivity index (χ2n) is 3.31. The number of carbonyl (C=O) groups is 1. The van der Waals surface area contributed by atoms with Crippen molar-refractivity contribution in [2.75, 3.05) is 13.2 Å². The highest BCUT2D eigenvalue weighted by Crippen LogP contribution is 2.25. The van der Waals surface area contributed by atoms with E-state index in [1.54, 1.807) is 0 Å². The Morgan fingerprint density at radius 2 is 2.14 bits per heavy atom. The van der Waals surface area contributed by atoms with Crippen LogP contribution in [0.2, 0.25) is 0 Å². The summed E-state index contributed by atoms with van der Waals surface area (Å²) in [4.78, 5) is 10.9. The highest BCUT2D eigenvalue weighted by Gasteiger charge is 2.40. The van der Waals surface area contributed by atoms with Gasteiger partial charge in [0.15, 0.2) is 0 Å². The van der Waals surface area contributed by atoms with Gasteiger partial charge in [-0.2, -0.15) is 0 Å². The van der Waals surface area contributed by atoms with Crippen LogP contribution < -0.4 is 5.32 Å². The third kappa shape index (κ3) is 1.33. The second-order valence-corrected chi connectivity index (χ2v) is 3.31. The molecule has 1 amide bonds. The van der Waals surface area contributed by atoms with E-state index in [0.29, 0.717) is 0 Å². The van der Waals surface area contributed by atoms with Crippen molar-refractivity contribution in [3.8, 4) is 0 Å². The Bertz CT molecular complexity index is 338. The molecule has 1 aromatic rings. The number of hydrogen-bond acceptors (Lipinski definition) is 3. The molecule has 1 atom stereocenters. The average Bonchev–Trinajstić information content (AvgIpc) is 2.63. The number of hydrogen-bond donors (Lipinski definition) is 2. The Balaban J connectivity index is 2.34. The molecule has 0 radical (unpaired) electrons. The molecule has 0 aliphatic carbocycles. The minimum absolute atomic E-state index is 0.164. The van der Waals surface area contributed by atoms with E-state index in [0.717, 1.165) is 5.56 Å². The van der Waals surface area contributed by atoms with Gasteiger partial charge in [-0.15, -0.1) is 0 Å². The highest BCUT2D eigenvalue weighted by atomic mass is 16.6. The molecule has 4 nitrogen and oxygen atoms in total. The molecule has 0 spiro atoms. The van der Waals surface area contributed by atoms with Crippen LogP contribution >= 0.6 is 0 Å².